The molecule has 142 valence electrons. The van der Waals surface area contributed by atoms with E-state index in [4.69, 9.17) is 4.74 Å². The summed E-state index contributed by atoms with van der Waals surface area (Å²) in [6.45, 7) is 6.04. The summed E-state index contributed by atoms with van der Waals surface area (Å²) in [5.41, 5.74) is 4.52. The Kier molecular flexibility index (Phi) is 4.31. The highest BCUT2D eigenvalue weighted by molar-refractivity contribution is 5.59. The van der Waals surface area contributed by atoms with Gasteiger partial charge in [0.25, 0.3) is 0 Å². The van der Waals surface area contributed by atoms with Gasteiger partial charge >= 0.3 is 0 Å². The Hall–Kier alpha value is -2.07. The van der Waals surface area contributed by atoms with Crippen LogP contribution in [-0.4, -0.2) is 49.7 Å². The summed E-state index contributed by atoms with van der Waals surface area (Å²) in [5.74, 6) is 1.75. The van der Waals surface area contributed by atoms with Crippen LogP contribution < -0.4 is 9.64 Å². The summed E-state index contributed by atoms with van der Waals surface area (Å²) in [7, 11) is 1.77. The molecule has 0 radical (unpaired) electrons. The maximum atomic E-state index is 5.59. The van der Waals surface area contributed by atoms with E-state index < -0.39 is 0 Å². The predicted octanol–water partition coefficient (Wildman–Crippen LogP) is 3.41. The Labute approximate surface area is 162 Å². The Bertz CT molecular complexity index is 798. The van der Waals surface area contributed by atoms with Gasteiger partial charge in [0.15, 0.2) is 0 Å². The molecule has 1 spiro atoms. The molecule has 27 heavy (non-hydrogen) atoms. The predicted molar refractivity (Wildman–Crippen MR) is 108 cm³/mol. The van der Waals surface area contributed by atoms with Gasteiger partial charge in [0.1, 0.15) is 5.75 Å². The van der Waals surface area contributed by atoms with Gasteiger partial charge in [0.2, 0.25) is 0 Å². The van der Waals surface area contributed by atoms with Gasteiger partial charge < -0.3 is 14.5 Å². The first-order chi connectivity index (χ1) is 13.2. The fourth-order valence-corrected chi connectivity index (χ4v) is 5.54. The van der Waals surface area contributed by atoms with Gasteiger partial charge in [-0.15, -0.1) is 0 Å². The second-order valence-electron chi connectivity index (χ2n) is 8.71. The van der Waals surface area contributed by atoms with Crippen molar-refractivity contribution in [3.63, 3.8) is 0 Å². The highest BCUT2D eigenvalue weighted by atomic mass is 16.5. The summed E-state index contributed by atoms with van der Waals surface area (Å²) in [6.07, 6.45) is 6.94. The molecule has 2 aliphatic heterocycles. The zero-order valence-corrected chi connectivity index (χ0v) is 16.2. The Morgan fingerprint density at radius 3 is 2.85 bits per heavy atom. The number of nitrogens with zero attached hydrogens (tertiary/aromatic N) is 3. The van der Waals surface area contributed by atoms with Crippen molar-refractivity contribution in [3.8, 4) is 5.75 Å². The number of anilines is 1. The summed E-state index contributed by atoms with van der Waals surface area (Å²) in [5, 5.41) is 0. The van der Waals surface area contributed by atoms with E-state index in [1.807, 2.05) is 6.20 Å². The summed E-state index contributed by atoms with van der Waals surface area (Å²) < 4.78 is 5.59. The van der Waals surface area contributed by atoms with E-state index in [1.54, 1.807) is 7.11 Å². The fraction of sp³-hybridized carbons (Fsp3) is 0.522. The highest BCUT2D eigenvalue weighted by Crippen LogP contribution is 2.43. The number of fused-ring (bicyclic) bond motifs is 1. The molecule has 2 atom stereocenters. The molecular formula is C23H29N3O. The van der Waals surface area contributed by atoms with Crippen LogP contribution in [0.3, 0.4) is 0 Å². The van der Waals surface area contributed by atoms with Crippen LogP contribution in [0.15, 0.2) is 42.6 Å². The lowest BCUT2D eigenvalue weighted by Gasteiger charge is -2.27. The van der Waals surface area contributed by atoms with Crippen LogP contribution in [0.2, 0.25) is 0 Å². The number of benzene rings is 1. The van der Waals surface area contributed by atoms with Crippen LogP contribution in [0.4, 0.5) is 5.69 Å². The first kappa shape index (κ1) is 17.1. The van der Waals surface area contributed by atoms with Gasteiger partial charge in [-0.25, -0.2) is 0 Å². The number of hydrogen-bond donors (Lipinski definition) is 0. The number of rotatable bonds is 4. The number of aromatic nitrogens is 1. The molecule has 5 rings (SSSR count). The largest absolute Gasteiger partial charge is 0.495 e. The van der Waals surface area contributed by atoms with E-state index in [1.165, 1.54) is 55.8 Å². The molecule has 4 nitrogen and oxygen atoms in total. The van der Waals surface area contributed by atoms with Crippen LogP contribution in [0, 0.1) is 11.3 Å². The van der Waals surface area contributed by atoms with Crippen LogP contribution in [0.5, 0.6) is 5.75 Å². The monoisotopic (exact) mass is 363 g/mol. The molecule has 0 bridgehead atoms. The van der Waals surface area contributed by atoms with Gasteiger partial charge in [0.05, 0.1) is 12.8 Å². The van der Waals surface area contributed by atoms with Crippen molar-refractivity contribution in [2.75, 3.05) is 44.7 Å². The van der Waals surface area contributed by atoms with Gasteiger partial charge in [0, 0.05) is 43.5 Å². The molecule has 2 aromatic rings. The van der Waals surface area contributed by atoms with E-state index in [-0.39, 0.29) is 0 Å². The van der Waals surface area contributed by atoms with Gasteiger partial charge in [-0.1, -0.05) is 18.2 Å². The van der Waals surface area contributed by atoms with Crippen molar-refractivity contribution in [1.29, 1.82) is 0 Å². The van der Waals surface area contributed by atoms with Gasteiger partial charge in [-0.05, 0) is 61.9 Å². The Morgan fingerprint density at radius 1 is 1.07 bits per heavy atom. The zero-order chi connectivity index (χ0) is 18.3. The fourth-order valence-electron chi connectivity index (χ4n) is 5.54. The maximum Gasteiger partial charge on any atom is 0.142 e. The molecule has 1 aliphatic carbocycles. The van der Waals surface area contributed by atoms with Crippen molar-refractivity contribution >= 4 is 5.69 Å². The lowest BCUT2D eigenvalue weighted by Crippen LogP contribution is -2.33. The first-order valence-corrected chi connectivity index (χ1v) is 10.3. The van der Waals surface area contributed by atoms with E-state index in [9.17, 15) is 0 Å². The number of ether oxygens (including phenoxy) is 1. The average Bonchev–Trinajstić information content (AvgIpc) is 3.41. The summed E-state index contributed by atoms with van der Waals surface area (Å²) >= 11 is 0. The topological polar surface area (TPSA) is 28.6 Å². The van der Waals surface area contributed by atoms with E-state index in [0.717, 1.165) is 31.2 Å². The molecule has 2 saturated heterocycles. The molecule has 0 saturated carbocycles. The van der Waals surface area contributed by atoms with E-state index >= 15 is 0 Å². The zero-order valence-electron chi connectivity index (χ0n) is 16.2. The molecule has 1 aromatic heterocycles. The smallest absolute Gasteiger partial charge is 0.142 e. The van der Waals surface area contributed by atoms with Crippen LogP contribution in [-0.2, 0) is 12.8 Å². The molecule has 3 aliphatic rings. The van der Waals surface area contributed by atoms with E-state index in [0.29, 0.717) is 5.41 Å². The lowest BCUT2D eigenvalue weighted by atomic mass is 9.86. The van der Waals surface area contributed by atoms with Crippen LogP contribution >= 0.6 is 0 Å². The van der Waals surface area contributed by atoms with Crippen molar-refractivity contribution < 1.29 is 4.74 Å². The molecule has 4 heteroatoms. The quantitative estimate of drug-likeness (QED) is 0.832. The maximum absolute atomic E-state index is 5.59. The first-order valence-electron chi connectivity index (χ1n) is 10.3. The molecular weight excluding hydrogens is 334 g/mol. The minimum atomic E-state index is 0.463. The Morgan fingerprint density at radius 2 is 1.96 bits per heavy atom. The molecule has 3 heterocycles. The number of likely N-dealkylation sites (tertiary alicyclic amines) is 1. The van der Waals surface area contributed by atoms with Crippen molar-refractivity contribution in [1.82, 2.24) is 9.88 Å². The summed E-state index contributed by atoms with van der Waals surface area (Å²) in [6, 6.07) is 12.8. The van der Waals surface area contributed by atoms with Gasteiger partial charge in [-0.2, -0.15) is 0 Å². The highest BCUT2D eigenvalue weighted by Gasteiger charge is 2.44. The number of para-hydroxylation sites is 2. The van der Waals surface area contributed by atoms with Crippen LogP contribution in [0.25, 0.3) is 0 Å². The number of pyridine rings is 1. The third-order valence-electron chi connectivity index (χ3n) is 6.87. The van der Waals surface area contributed by atoms with Crippen LogP contribution in [0.1, 0.15) is 24.1 Å². The third-order valence-corrected chi connectivity index (χ3v) is 6.87. The standard InChI is InChI=1S/C23H29N3O/c1-27-22-7-3-2-6-21(22)26-12-9-23(17-26)8-11-25(16-23)15-18-13-19-5-4-10-24-20(19)14-18/h2-7,10,18H,8-9,11-17H2,1H3. The SMILES string of the molecule is COc1ccccc1N1CCC2(CCN(CC3Cc4cccnc4C3)C2)C1. The number of methoxy groups -OCH3 is 1. The molecule has 1 aromatic carbocycles. The van der Waals surface area contributed by atoms with Crippen molar-refractivity contribution in [2.24, 2.45) is 11.3 Å². The second kappa shape index (κ2) is 6.83. The minimum absolute atomic E-state index is 0.463. The van der Waals surface area contributed by atoms with Gasteiger partial charge in [-0.3, -0.25) is 4.98 Å². The third kappa shape index (κ3) is 3.20. The average molecular weight is 364 g/mol. The summed E-state index contributed by atoms with van der Waals surface area (Å²) in [4.78, 5) is 9.84. The lowest BCUT2D eigenvalue weighted by molar-refractivity contribution is 0.243. The second-order valence-corrected chi connectivity index (χ2v) is 8.71. The van der Waals surface area contributed by atoms with Crippen molar-refractivity contribution in [3.05, 3.63) is 53.9 Å². The van der Waals surface area contributed by atoms with E-state index in [2.05, 4.69) is 51.2 Å². The molecule has 0 N–H and O–H groups in total. The normalized spacial score (nSPS) is 27.4. The van der Waals surface area contributed by atoms with Crippen molar-refractivity contribution in [2.45, 2.75) is 25.7 Å². The molecule has 2 unspecified atom stereocenters. The Balaban J connectivity index is 1.21. The minimum Gasteiger partial charge on any atom is -0.495 e. The number of hydrogen-bond acceptors (Lipinski definition) is 4. The molecule has 2 fully saturated rings. The molecule has 0 amide bonds.